The number of hydrogen-bond acceptors (Lipinski definition) is 5. The number of para-hydroxylation sites is 1. The molecule has 1 atom stereocenters. The van der Waals surface area contributed by atoms with Crippen molar-refractivity contribution in [2.75, 3.05) is 29.8 Å². The first kappa shape index (κ1) is 21.7. The lowest BCUT2D eigenvalue weighted by atomic mass is 10.0. The number of rotatable bonds is 5. The molecule has 0 radical (unpaired) electrons. The maximum Gasteiger partial charge on any atom is 0.269 e. The lowest BCUT2D eigenvalue weighted by molar-refractivity contribution is -0.123. The molecule has 1 spiro atoms. The Labute approximate surface area is 201 Å². The van der Waals surface area contributed by atoms with Gasteiger partial charge in [-0.3, -0.25) is 14.5 Å². The minimum Gasteiger partial charge on any atom is -0.493 e. The molecule has 1 saturated heterocycles. The predicted octanol–water partition coefficient (Wildman–Crippen LogP) is 4.84. The molecular formula is C25H21ClN2O4S. The van der Waals surface area contributed by atoms with Gasteiger partial charge in [0.25, 0.3) is 5.91 Å². The van der Waals surface area contributed by atoms with Crippen molar-refractivity contribution in [2.24, 2.45) is 0 Å². The van der Waals surface area contributed by atoms with Crippen molar-refractivity contribution in [2.45, 2.75) is 11.4 Å². The van der Waals surface area contributed by atoms with Crippen molar-refractivity contribution in [1.82, 2.24) is 0 Å². The largest absolute Gasteiger partial charge is 0.493 e. The van der Waals surface area contributed by atoms with Gasteiger partial charge < -0.3 is 14.4 Å². The fourth-order valence-corrected chi connectivity index (χ4v) is 5.93. The third-order valence-electron chi connectivity index (χ3n) is 5.94. The number of amides is 2. The summed E-state index contributed by atoms with van der Waals surface area (Å²) < 4.78 is 10.8. The van der Waals surface area contributed by atoms with Gasteiger partial charge in [0.2, 0.25) is 10.8 Å². The highest BCUT2D eigenvalue weighted by molar-refractivity contribution is 8.02. The zero-order chi connectivity index (χ0) is 23.2. The van der Waals surface area contributed by atoms with E-state index in [4.69, 9.17) is 21.1 Å². The van der Waals surface area contributed by atoms with Crippen LogP contribution in [0, 0.1) is 0 Å². The molecule has 3 aromatic rings. The van der Waals surface area contributed by atoms with Crippen molar-refractivity contribution in [3.05, 3.63) is 82.9 Å². The summed E-state index contributed by atoms with van der Waals surface area (Å²) in [5, 5.41) is 0.639. The van der Waals surface area contributed by atoms with Gasteiger partial charge in [-0.2, -0.15) is 0 Å². The van der Waals surface area contributed by atoms with Crippen LogP contribution in [0.5, 0.6) is 11.5 Å². The number of thioether (sulfide) groups is 1. The lowest BCUT2D eigenvalue weighted by Crippen LogP contribution is -2.49. The van der Waals surface area contributed by atoms with E-state index in [0.717, 1.165) is 16.8 Å². The van der Waals surface area contributed by atoms with E-state index in [1.54, 1.807) is 42.2 Å². The van der Waals surface area contributed by atoms with Crippen molar-refractivity contribution < 1.29 is 19.1 Å². The van der Waals surface area contributed by atoms with Crippen LogP contribution in [0.1, 0.15) is 11.1 Å². The first-order chi connectivity index (χ1) is 16.0. The Bertz CT molecular complexity index is 1250. The summed E-state index contributed by atoms with van der Waals surface area (Å²) >= 11 is 7.38. The van der Waals surface area contributed by atoms with Crippen molar-refractivity contribution in [3.63, 3.8) is 0 Å². The second-order valence-corrected chi connectivity index (χ2v) is 9.34. The highest BCUT2D eigenvalue weighted by Crippen LogP contribution is 2.56. The average Bonchev–Trinajstić information content (AvgIpc) is 3.31. The predicted molar refractivity (Wildman–Crippen MR) is 130 cm³/mol. The molecule has 168 valence electrons. The van der Waals surface area contributed by atoms with Crippen LogP contribution in [0.25, 0.3) is 0 Å². The fraction of sp³-hybridized carbons (Fsp3) is 0.200. The van der Waals surface area contributed by atoms with Gasteiger partial charge in [-0.05, 0) is 35.9 Å². The molecule has 3 aromatic carbocycles. The molecule has 2 amide bonds. The van der Waals surface area contributed by atoms with E-state index in [1.165, 1.54) is 11.8 Å². The molecule has 2 heterocycles. The molecule has 0 aromatic heterocycles. The number of hydrogen-bond donors (Lipinski definition) is 0. The molecule has 8 heteroatoms. The first-order valence-corrected chi connectivity index (χ1v) is 11.7. The number of nitrogens with zero attached hydrogens (tertiary/aromatic N) is 2. The Morgan fingerprint density at radius 2 is 1.70 bits per heavy atom. The van der Waals surface area contributed by atoms with E-state index in [1.807, 2.05) is 48.5 Å². The first-order valence-electron chi connectivity index (χ1n) is 10.3. The summed E-state index contributed by atoms with van der Waals surface area (Å²) in [6.07, 6.45) is 0. The molecule has 2 aliphatic rings. The Morgan fingerprint density at radius 3 is 2.42 bits per heavy atom. The number of carbonyl (C=O) groups is 2. The third kappa shape index (κ3) is 3.34. The quantitative estimate of drug-likeness (QED) is 0.523. The number of halogens is 1. The molecule has 6 nitrogen and oxygen atoms in total. The van der Waals surface area contributed by atoms with Gasteiger partial charge in [-0.15, -0.1) is 11.8 Å². The molecule has 1 fully saturated rings. The molecule has 0 bridgehead atoms. The highest BCUT2D eigenvalue weighted by atomic mass is 35.5. The van der Waals surface area contributed by atoms with E-state index < -0.39 is 4.87 Å². The Hall–Kier alpha value is -3.16. The molecule has 0 N–H and O–H groups in total. The van der Waals surface area contributed by atoms with Gasteiger partial charge in [-0.1, -0.05) is 41.9 Å². The Morgan fingerprint density at radius 1 is 0.970 bits per heavy atom. The van der Waals surface area contributed by atoms with Crippen molar-refractivity contribution in [3.8, 4) is 11.5 Å². The smallest absolute Gasteiger partial charge is 0.269 e. The molecule has 5 rings (SSSR count). The molecule has 0 unspecified atom stereocenters. The maximum atomic E-state index is 14.1. The monoisotopic (exact) mass is 480 g/mol. The summed E-state index contributed by atoms with van der Waals surface area (Å²) in [5.41, 5.74) is 3.13. The summed E-state index contributed by atoms with van der Waals surface area (Å²) in [6, 6.07) is 20.3. The van der Waals surface area contributed by atoms with Crippen LogP contribution in [-0.4, -0.2) is 31.8 Å². The van der Waals surface area contributed by atoms with Crippen molar-refractivity contribution in [1.29, 1.82) is 0 Å². The Kier molecular flexibility index (Phi) is 5.46. The topological polar surface area (TPSA) is 59.1 Å². The van der Waals surface area contributed by atoms with E-state index in [2.05, 4.69) is 0 Å². The number of ether oxygens (including phenoxy) is 2. The molecule has 0 aliphatic carbocycles. The van der Waals surface area contributed by atoms with Crippen LogP contribution in [0.15, 0.2) is 66.7 Å². The second-order valence-electron chi connectivity index (χ2n) is 7.74. The van der Waals surface area contributed by atoms with Gasteiger partial charge in [0.1, 0.15) is 0 Å². The normalized spacial score (nSPS) is 19.4. The number of fused-ring (bicyclic) bond motifs is 2. The van der Waals surface area contributed by atoms with Crippen LogP contribution >= 0.6 is 23.4 Å². The van der Waals surface area contributed by atoms with Gasteiger partial charge in [0.15, 0.2) is 11.5 Å². The zero-order valence-corrected chi connectivity index (χ0v) is 19.7. The highest BCUT2D eigenvalue weighted by Gasteiger charge is 2.61. The average molecular weight is 481 g/mol. The van der Waals surface area contributed by atoms with Gasteiger partial charge >= 0.3 is 0 Å². The molecule has 33 heavy (non-hydrogen) atoms. The number of carbonyl (C=O) groups excluding carboxylic acids is 2. The Balaban J connectivity index is 1.62. The summed E-state index contributed by atoms with van der Waals surface area (Å²) in [7, 11) is 3.10. The fourth-order valence-electron chi connectivity index (χ4n) is 4.45. The van der Waals surface area contributed by atoms with Crippen molar-refractivity contribution >= 4 is 46.6 Å². The van der Waals surface area contributed by atoms with Crippen LogP contribution in [0.2, 0.25) is 5.02 Å². The second kappa shape index (κ2) is 8.32. The standard InChI is InChI=1S/C25H21ClN2O4S/c1-31-21-12-11-18(13-22(21)32-2)28-23(29)15-33-25(28)19-5-3-4-6-20(19)27(24(25)30)14-16-7-9-17(26)10-8-16/h3-13H,14-15H2,1-2H3/t25-/m1/s1. The number of methoxy groups -OCH3 is 2. The van der Waals surface area contributed by atoms with Crippen LogP contribution in [0.3, 0.4) is 0 Å². The van der Waals surface area contributed by atoms with Crippen LogP contribution in [-0.2, 0) is 21.0 Å². The van der Waals surface area contributed by atoms with E-state index in [9.17, 15) is 9.59 Å². The van der Waals surface area contributed by atoms with Gasteiger partial charge in [-0.25, -0.2) is 0 Å². The summed E-state index contributed by atoms with van der Waals surface area (Å²) in [5.74, 6) is 0.958. The van der Waals surface area contributed by atoms with Gasteiger partial charge in [0.05, 0.1) is 32.2 Å². The van der Waals surface area contributed by atoms with Crippen LogP contribution < -0.4 is 19.3 Å². The summed E-state index contributed by atoms with van der Waals surface area (Å²) in [6.45, 7) is 0.378. The minimum atomic E-state index is -1.18. The number of anilines is 2. The van der Waals surface area contributed by atoms with E-state index in [0.29, 0.717) is 28.8 Å². The molecule has 2 aliphatic heterocycles. The zero-order valence-electron chi connectivity index (χ0n) is 18.1. The van der Waals surface area contributed by atoms with E-state index in [-0.39, 0.29) is 17.6 Å². The van der Waals surface area contributed by atoms with Gasteiger partial charge in [0, 0.05) is 22.3 Å². The molecule has 0 saturated carbocycles. The SMILES string of the molecule is COc1ccc(N2C(=O)CS[C@]23C(=O)N(Cc2ccc(Cl)cc2)c2ccccc23)cc1OC. The minimum absolute atomic E-state index is 0.135. The lowest BCUT2D eigenvalue weighted by Gasteiger charge is -2.33. The maximum absolute atomic E-state index is 14.1. The summed E-state index contributed by atoms with van der Waals surface area (Å²) in [4.78, 5) is 29.5. The third-order valence-corrected chi connectivity index (χ3v) is 7.58. The van der Waals surface area contributed by atoms with E-state index >= 15 is 0 Å². The number of benzene rings is 3. The molecular weight excluding hydrogens is 460 g/mol. The van der Waals surface area contributed by atoms with Crippen LogP contribution in [0.4, 0.5) is 11.4 Å².